The second kappa shape index (κ2) is 6.12. The number of esters is 1. The Bertz CT molecular complexity index is 483. The highest BCUT2D eigenvalue weighted by Gasteiger charge is 2.25. The van der Waals surface area contributed by atoms with Crippen LogP contribution in [-0.4, -0.2) is 17.7 Å². The van der Waals surface area contributed by atoms with Crippen LogP contribution in [0.2, 0.25) is 0 Å². The van der Waals surface area contributed by atoms with Gasteiger partial charge in [-0.1, -0.05) is 30.3 Å². The molecule has 1 aliphatic rings. The molecular weight excluding hydrogens is 252 g/mol. The zero-order valence-electron chi connectivity index (χ0n) is 12.4. The molecule has 3 heteroatoms. The van der Waals surface area contributed by atoms with Crippen LogP contribution < -0.4 is 0 Å². The number of rotatable bonds is 4. The fraction of sp³-hybridized carbons (Fsp3) is 0.471. The quantitative estimate of drug-likeness (QED) is 0.786. The average Bonchev–Trinajstić information content (AvgIpc) is 2.35. The van der Waals surface area contributed by atoms with E-state index in [0.29, 0.717) is 6.42 Å². The summed E-state index contributed by atoms with van der Waals surface area (Å²) in [7, 11) is 0. The van der Waals surface area contributed by atoms with Gasteiger partial charge in [-0.05, 0) is 39.2 Å². The first-order valence-corrected chi connectivity index (χ1v) is 7.06. The van der Waals surface area contributed by atoms with Crippen LogP contribution >= 0.6 is 0 Å². The van der Waals surface area contributed by atoms with E-state index in [-0.39, 0.29) is 17.7 Å². The van der Waals surface area contributed by atoms with E-state index in [2.05, 4.69) is 12.1 Å². The van der Waals surface area contributed by atoms with Gasteiger partial charge in [-0.25, -0.2) is 4.79 Å². The summed E-state index contributed by atoms with van der Waals surface area (Å²) in [6.07, 6.45) is 3.76. The second-order valence-corrected chi connectivity index (χ2v) is 6.11. The van der Waals surface area contributed by atoms with Crippen molar-refractivity contribution in [3.63, 3.8) is 0 Å². The summed E-state index contributed by atoms with van der Waals surface area (Å²) in [6, 6.07) is 10.2. The van der Waals surface area contributed by atoms with E-state index in [0.717, 1.165) is 18.6 Å². The van der Waals surface area contributed by atoms with Gasteiger partial charge in [0.25, 0.3) is 0 Å². The van der Waals surface area contributed by atoms with Gasteiger partial charge in [0.2, 0.25) is 0 Å². The van der Waals surface area contributed by atoms with Gasteiger partial charge in [0.15, 0.2) is 0 Å². The molecule has 1 aliphatic heterocycles. The first-order chi connectivity index (χ1) is 9.42. The Morgan fingerprint density at radius 2 is 1.95 bits per heavy atom. The Balaban J connectivity index is 1.91. The molecule has 1 heterocycles. The predicted octanol–water partition coefficient (Wildman–Crippen LogP) is 3.63. The summed E-state index contributed by atoms with van der Waals surface area (Å²) >= 11 is 0. The van der Waals surface area contributed by atoms with Gasteiger partial charge in [0.1, 0.15) is 17.5 Å². The number of cyclic esters (lactones) is 1. The molecule has 0 radical (unpaired) electrons. The van der Waals surface area contributed by atoms with Gasteiger partial charge in [-0.3, -0.25) is 0 Å². The largest absolute Gasteiger partial charge is 0.492 e. The van der Waals surface area contributed by atoms with Crippen LogP contribution in [0.1, 0.15) is 39.2 Å². The summed E-state index contributed by atoms with van der Waals surface area (Å²) < 4.78 is 11.1. The molecule has 2 rings (SSSR count). The Morgan fingerprint density at radius 1 is 1.25 bits per heavy atom. The van der Waals surface area contributed by atoms with Crippen LogP contribution in [0.4, 0.5) is 0 Å². The van der Waals surface area contributed by atoms with Crippen LogP contribution in [-0.2, 0) is 20.7 Å². The molecule has 0 unspecified atom stereocenters. The van der Waals surface area contributed by atoms with Crippen molar-refractivity contribution >= 4 is 5.97 Å². The summed E-state index contributed by atoms with van der Waals surface area (Å²) in [5.41, 5.74) is 0.976. The third kappa shape index (κ3) is 4.72. The zero-order valence-corrected chi connectivity index (χ0v) is 12.4. The molecule has 0 saturated carbocycles. The summed E-state index contributed by atoms with van der Waals surface area (Å²) in [5, 5.41) is 0. The minimum atomic E-state index is -0.298. The topological polar surface area (TPSA) is 35.5 Å². The Morgan fingerprint density at radius 3 is 2.60 bits per heavy atom. The smallest absolute Gasteiger partial charge is 0.334 e. The fourth-order valence-corrected chi connectivity index (χ4v) is 2.25. The van der Waals surface area contributed by atoms with Crippen LogP contribution in [0.3, 0.4) is 0 Å². The molecule has 0 bridgehead atoms. The molecule has 108 valence electrons. The molecule has 0 saturated heterocycles. The zero-order chi connectivity index (χ0) is 14.6. The Hall–Kier alpha value is -1.77. The normalized spacial score (nSPS) is 19.2. The molecule has 0 amide bonds. The van der Waals surface area contributed by atoms with E-state index in [1.165, 1.54) is 11.6 Å². The Kier molecular flexibility index (Phi) is 4.48. The lowest BCUT2D eigenvalue weighted by atomic mass is 10.0. The molecule has 3 nitrogen and oxygen atoms in total. The van der Waals surface area contributed by atoms with Crippen LogP contribution in [0.15, 0.2) is 42.2 Å². The van der Waals surface area contributed by atoms with E-state index in [4.69, 9.17) is 9.47 Å². The third-order valence-electron chi connectivity index (χ3n) is 3.03. The van der Waals surface area contributed by atoms with E-state index >= 15 is 0 Å². The molecule has 0 aromatic heterocycles. The minimum Gasteiger partial charge on any atom is -0.492 e. The van der Waals surface area contributed by atoms with Crippen molar-refractivity contribution in [1.29, 1.82) is 0 Å². The lowest BCUT2D eigenvalue weighted by Gasteiger charge is -2.28. The van der Waals surface area contributed by atoms with E-state index in [1.54, 1.807) is 0 Å². The van der Waals surface area contributed by atoms with E-state index < -0.39 is 0 Å². The second-order valence-electron chi connectivity index (χ2n) is 6.11. The van der Waals surface area contributed by atoms with Gasteiger partial charge in [-0.2, -0.15) is 0 Å². The monoisotopic (exact) mass is 274 g/mol. The molecule has 0 N–H and O–H groups in total. The van der Waals surface area contributed by atoms with Gasteiger partial charge < -0.3 is 9.47 Å². The summed E-state index contributed by atoms with van der Waals surface area (Å²) in [5.74, 6) is 0.431. The van der Waals surface area contributed by atoms with Crippen molar-refractivity contribution in [1.82, 2.24) is 0 Å². The average molecular weight is 274 g/mol. The summed E-state index contributed by atoms with van der Waals surface area (Å²) in [4.78, 5) is 11.6. The summed E-state index contributed by atoms with van der Waals surface area (Å²) in [6.45, 7) is 5.94. The maximum absolute atomic E-state index is 11.6. The predicted molar refractivity (Wildman–Crippen MR) is 78.2 cm³/mol. The molecular formula is C17H22O3. The van der Waals surface area contributed by atoms with Crippen molar-refractivity contribution in [2.45, 2.75) is 51.7 Å². The molecule has 1 atom stereocenters. The highest BCUT2D eigenvalue weighted by atomic mass is 16.6. The Labute approximate surface area is 120 Å². The lowest BCUT2D eigenvalue weighted by Crippen LogP contribution is -2.28. The number of ether oxygens (including phenoxy) is 2. The number of carbonyl (C=O) groups excluding carboxylic acids is 1. The maximum Gasteiger partial charge on any atom is 0.334 e. The molecule has 0 spiro atoms. The van der Waals surface area contributed by atoms with Crippen molar-refractivity contribution in [2.24, 2.45) is 0 Å². The highest BCUT2D eigenvalue weighted by molar-refractivity contribution is 5.83. The van der Waals surface area contributed by atoms with Crippen LogP contribution in [0.5, 0.6) is 0 Å². The highest BCUT2D eigenvalue weighted by Crippen LogP contribution is 2.24. The van der Waals surface area contributed by atoms with Gasteiger partial charge in [0.05, 0.1) is 6.08 Å². The fourth-order valence-electron chi connectivity index (χ4n) is 2.25. The molecule has 0 fully saturated rings. The molecule has 20 heavy (non-hydrogen) atoms. The van der Waals surface area contributed by atoms with Crippen molar-refractivity contribution in [2.75, 3.05) is 0 Å². The third-order valence-corrected chi connectivity index (χ3v) is 3.03. The number of aryl methyl sites for hydroxylation is 1. The molecule has 0 aliphatic carbocycles. The van der Waals surface area contributed by atoms with Gasteiger partial charge >= 0.3 is 5.97 Å². The number of hydrogen-bond acceptors (Lipinski definition) is 3. The number of hydrogen-bond donors (Lipinski definition) is 0. The standard InChI is InChI=1S/C17H22O3/c1-17(2,3)20-15-11-14(19-16(18)12-15)10-9-13-7-5-4-6-8-13/h4-8,12,14H,9-11H2,1-3H3/t14-/m0/s1. The molecule has 1 aromatic carbocycles. The molecule has 1 aromatic rings. The van der Waals surface area contributed by atoms with Gasteiger partial charge in [-0.15, -0.1) is 0 Å². The van der Waals surface area contributed by atoms with Crippen LogP contribution in [0, 0.1) is 0 Å². The first-order valence-electron chi connectivity index (χ1n) is 7.06. The van der Waals surface area contributed by atoms with E-state index in [9.17, 15) is 4.79 Å². The van der Waals surface area contributed by atoms with E-state index in [1.807, 2.05) is 39.0 Å². The van der Waals surface area contributed by atoms with Crippen molar-refractivity contribution < 1.29 is 14.3 Å². The van der Waals surface area contributed by atoms with Crippen molar-refractivity contribution in [3.05, 3.63) is 47.7 Å². The number of carbonyl (C=O) groups is 1. The lowest BCUT2D eigenvalue weighted by molar-refractivity contribution is -0.146. The van der Waals surface area contributed by atoms with Crippen LogP contribution in [0.25, 0.3) is 0 Å². The first kappa shape index (κ1) is 14.6. The number of benzene rings is 1. The maximum atomic E-state index is 11.6. The van der Waals surface area contributed by atoms with Gasteiger partial charge in [0, 0.05) is 6.42 Å². The SMILES string of the molecule is CC(C)(C)OC1=CC(=O)O[C@@H](CCc2ccccc2)C1. The minimum absolute atomic E-state index is 0.0925. The van der Waals surface area contributed by atoms with Crippen molar-refractivity contribution in [3.8, 4) is 0 Å².